The number of benzene rings is 2. The van der Waals surface area contributed by atoms with Crippen LogP contribution in [0, 0.1) is 22.9 Å². The molecule has 0 aliphatic heterocycles. The standard InChI is InChI=1S/C17H17FN2O3/c1-12-15(5-2-6-16(12)20(22)23)17(21)19-11-3-4-13-7-9-14(18)10-8-13/h2,5-10H,3-4,11H2,1H3,(H,19,21). The second-order valence-electron chi connectivity index (χ2n) is 5.19. The second kappa shape index (κ2) is 7.49. The minimum absolute atomic E-state index is 0.0658. The summed E-state index contributed by atoms with van der Waals surface area (Å²) in [6.07, 6.45) is 1.42. The molecule has 23 heavy (non-hydrogen) atoms. The van der Waals surface area contributed by atoms with Crippen LogP contribution in [0.4, 0.5) is 10.1 Å². The van der Waals surface area contributed by atoms with E-state index in [0.29, 0.717) is 30.5 Å². The van der Waals surface area contributed by atoms with Crippen molar-refractivity contribution in [1.29, 1.82) is 0 Å². The lowest BCUT2D eigenvalue weighted by Gasteiger charge is -2.08. The Balaban J connectivity index is 1.89. The van der Waals surface area contributed by atoms with E-state index in [0.717, 1.165) is 5.56 Å². The number of halogens is 1. The van der Waals surface area contributed by atoms with Crippen molar-refractivity contribution in [3.8, 4) is 0 Å². The van der Waals surface area contributed by atoms with E-state index < -0.39 is 4.92 Å². The fourth-order valence-corrected chi connectivity index (χ4v) is 2.31. The third-order valence-electron chi connectivity index (χ3n) is 3.59. The van der Waals surface area contributed by atoms with E-state index in [4.69, 9.17) is 0 Å². The maximum atomic E-state index is 12.8. The molecule has 0 unspecified atom stereocenters. The number of nitrogens with one attached hydrogen (secondary N) is 1. The first kappa shape index (κ1) is 16.6. The summed E-state index contributed by atoms with van der Waals surface area (Å²) in [5.41, 5.74) is 1.59. The molecule has 2 aromatic rings. The first-order chi connectivity index (χ1) is 11.0. The van der Waals surface area contributed by atoms with Gasteiger partial charge in [0, 0.05) is 23.7 Å². The van der Waals surface area contributed by atoms with Gasteiger partial charge in [0.1, 0.15) is 5.82 Å². The van der Waals surface area contributed by atoms with Crippen molar-refractivity contribution in [2.75, 3.05) is 6.54 Å². The van der Waals surface area contributed by atoms with E-state index in [1.807, 2.05) is 0 Å². The van der Waals surface area contributed by atoms with Crippen molar-refractivity contribution >= 4 is 11.6 Å². The van der Waals surface area contributed by atoms with Crippen molar-refractivity contribution in [1.82, 2.24) is 5.32 Å². The van der Waals surface area contributed by atoms with Gasteiger partial charge in [-0.3, -0.25) is 14.9 Å². The molecule has 5 nitrogen and oxygen atoms in total. The molecule has 1 amide bonds. The Morgan fingerprint density at radius 1 is 1.22 bits per heavy atom. The number of amides is 1. The Kier molecular flexibility index (Phi) is 5.41. The summed E-state index contributed by atoms with van der Waals surface area (Å²) in [5.74, 6) is -0.603. The van der Waals surface area contributed by atoms with Crippen LogP contribution in [0.1, 0.15) is 27.9 Å². The molecule has 0 saturated carbocycles. The van der Waals surface area contributed by atoms with Crippen LogP contribution < -0.4 is 5.32 Å². The highest BCUT2D eigenvalue weighted by Crippen LogP contribution is 2.20. The highest BCUT2D eigenvalue weighted by atomic mass is 19.1. The SMILES string of the molecule is Cc1c(C(=O)NCCCc2ccc(F)cc2)cccc1[N+](=O)[O-]. The van der Waals surface area contributed by atoms with Crippen LogP contribution in [0.3, 0.4) is 0 Å². The number of hydrogen-bond donors (Lipinski definition) is 1. The van der Waals surface area contributed by atoms with Gasteiger partial charge in [-0.1, -0.05) is 18.2 Å². The maximum absolute atomic E-state index is 12.8. The van der Waals surface area contributed by atoms with E-state index in [1.165, 1.54) is 24.3 Å². The second-order valence-corrected chi connectivity index (χ2v) is 5.19. The molecule has 0 atom stereocenters. The number of carbonyl (C=O) groups is 1. The Morgan fingerprint density at radius 2 is 1.91 bits per heavy atom. The van der Waals surface area contributed by atoms with Gasteiger partial charge in [-0.05, 0) is 43.5 Å². The monoisotopic (exact) mass is 316 g/mol. The molecule has 2 aromatic carbocycles. The first-order valence-corrected chi connectivity index (χ1v) is 7.25. The quantitative estimate of drug-likeness (QED) is 0.504. The number of nitrogens with zero attached hydrogens (tertiary/aromatic N) is 1. The molecule has 0 bridgehead atoms. The van der Waals surface area contributed by atoms with Gasteiger partial charge in [-0.25, -0.2) is 4.39 Å². The number of aryl methyl sites for hydroxylation is 1. The molecule has 0 saturated heterocycles. The Hall–Kier alpha value is -2.76. The number of hydrogen-bond acceptors (Lipinski definition) is 3. The fraction of sp³-hybridized carbons (Fsp3) is 0.235. The molecule has 0 radical (unpaired) electrons. The molecule has 2 rings (SSSR count). The van der Waals surface area contributed by atoms with Gasteiger partial charge in [0.2, 0.25) is 0 Å². The van der Waals surface area contributed by atoms with Crippen molar-refractivity contribution < 1.29 is 14.1 Å². The third kappa shape index (κ3) is 4.35. The molecule has 0 aliphatic rings. The van der Waals surface area contributed by atoms with E-state index in [2.05, 4.69) is 5.32 Å². The summed E-state index contributed by atoms with van der Waals surface area (Å²) >= 11 is 0. The fourth-order valence-electron chi connectivity index (χ4n) is 2.31. The Labute approximate surface area is 133 Å². The number of carbonyl (C=O) groups excluding carboxylic acids is 1. The number of rotatable bonds is 6. The van der Waals surface area contributed by atoms with Gasteiger partial charge in [-0.15, -0.1) is 0 Å². The lowest BCUT2D eigenvalue weighted by atomic mass is 10.1. The predicted molar refractivity (Wildman–Crippen MR) is 84.9 cm³/mol. The molecule has 0 aliphatic carbocycles. The van der Waals surface area contributed by atoms with Gasteiger partial charge in [0.15, 0.2) is 0 Å². The number of nitro groups is 1. The van der Waals surface area contributed by atoms with Crippen LogP contribution in [0.2, 0.25) is 0 Å². The van der Waals surface area contributed by atoms with Crippen LogP contribution in [0.15, 0.2) is 42.5 Å². The lowest BCUT2D eigenvalue weighted by molar-refractivity contribution is -0.385. The summed E-state index contributed by atoms with van der Waals surface area (Å²) in [5, 5.41) is 13.6. The highest BCUT2D eigenvalue weighted by Gasteiger charge is 2.17. The molecule has 6 heteroatoms. The largest absolute Gasteiger partial charge is 0.352 e. The van der Waals surface area contributed by atoms with Crippen LogP contribution >= 0.6 is 0 Å². The smallest absolute Gasteiger partial charge is 0.273 e. The zero-order chi connectivity index (χ0) is 16.8. The van der Waals surface area contributed by atoms with Gasteiger partial charge >= 0.3 is 0 Å². The van der Waals surface area contributed by atoms with Gasteiger partial charge in [-0.2, -0.15) is 0 Å². The third-order valence-corrected chi connectivity index (χ3v) is 3.59. The minimum Gasteiger partial charge on any atom is -0.352 e. The predicted octanol–water partition coefficient (Wildman–Crippen LogP) is 3.40. The zero-order valence-electron chi connectivity index (χ0n) is 12.7. The van der Waals surface area contributed by atoms with Crippen molar-refractivity contribution in [3.05, 3.63) is 75.1 Å². The van der Waals surface area contributed by atoms with E-state index >= 15 is 0 Å². The molecular formula is C17H17FN2O3. The van der Waals surface area contributed by atoms with Gasteiger partial charge in [0.25, 0.3) is 11.6 Å². The Bertz CT molecular complexity index is 714. The average molecular weight is 316 g/mol. The number of nitro benzene ring substituents is 1. The topological polar surface area (TPSA) is 72.2 Å². The van der Waals surface area contributed by atoms with Crippen molar-refractivity contribution in [2.24, 2.45) is 0 Å². The summed E-state index contributed by atoms with van der Waals surface area (Å²) in [6, 6.07) is 10.7. The van der Waals surface area contributed by atoms with Crippen molar-refractivity contribution in [3.63, 3.8) is 0 Å². The summed E-state index contributed by atoms with van der Waals surface area (Å²) < 4.78 is 12.8. The Morgan fingerprint density at radius 3 is 2.57 bits per heavy atom. The molecule has 0 spiro atoms. The van der Waals surface area contributed by atoms with Crippen LogP contribution in [0.5, 0.6) is 0 Å². The van der Waals surface area contributed by atoms with Crippen LogP contribution in [0.25, 0.3) is 0 Å². The van der Waals surface area contributed by atoms with Gasteiger partial charge in [0.05, 0.1) is 4.92 Å². The average Bonchev–Trinajstić information content (AvgIpc) is 2.53. The highest BCUT2D eigenvalue weighted by molar-refractivity contribution is 5.96. The molecule has 120 valence electrons. The van der Waals surface area contributed by atoms with Crippen molar-refractivity contribution in [2.45, 2.75) is 19.8 Å². The summed E-state index contributed by atoms with van der Waals surface area (Å²) in [7, 11) is 0. The molecule has 0 aromatic heterocycles. The summed E-state index contributed by atoms with van der Waals surface area (Å²) in [4.78, 5) is 22.5. The van der Waals surface area contributed by atoms with E-state index in [-0.39, 0.29) is 17.4 Å². The first-order valence-electron chi connectivity index (χ1n) is 7.25. The normalized spacial score (nSPS) is 10.3. The molecule has 1 N–H and O–H groups in total. The van der Waals surface area contributed by atoms with E-state index in [1.54, 1.807) is 25.1 Å². The summed E-state index contributed by atoms with van der Waals surface area (Å²) in [6.45, 7) is 2.00. The maximum Gasteiger partial charge on any atom is 0.273 e. The zero-order valence-corrected chi connectivity index (χ0v) is 12.7. The van der Waals surface area contributed by atoms with Gasteiger partial charge < -0.3 is 5.32 Å². The van der Waals surface area contributed by atoms with E-state index in [9.17, 15) is 19.3 Å². The lowest BCUT2D eigenvalue weighted by Crippen LogP contribution is -2.25. The molecule has 0 heterocycles. The minimum atomic E-state index is -0.499. The molecule has 0 fully saturated rings. The molecular weight excluding hydrogens is 299 g/mol. The van der Waals surface area contributed by atoms with Crippen LogP contribution in [-0.2, 0) is 6.42 Å². The van der Waals surface area contributed by atoms with Crippen LogP contribution in [-0.4, -0.2) is 17.4 Å².